The largest absolute Gasteiger partial charge is 0.357 e. The monoisotopic (exact) mass is 439 g/mol. The molecule has 8 heteroatoms. The highest BCUT2D eigenvalue weighted by Crippen LogP contribution is 2.20. The van der Waals surface area contributed by atoms with E-state index in [0.717, 1.165) is 19.5 Å². The average molecular weight is 439 g/mol. The van der Waals surface area contributed by atoms with Gasteiger partial charge in [0, 0.05) is 38.4 Å². The summed E-state index contributed by atoms with van der Waals surface area (Å²) < 4.78 is 25.9. The number of guanidine groups is 1. The second-order valence-corrected chi connectivity index (χ2v) is 5.19. The molecule has 0 saturated carbocycles. The number of alkyl halides is 1. The lowest BCUT2D eigenvalue weighted by Gasteiger charge is -2.19. The Morgan fingerprint density at radius 1 is 1.52 bits per heavy atom. The third-order valence-corrected chi connectivity index (χ3v) is 3.47. The first-order valence-corrected chi connectivity index (χ1v) is 7.71. The molecule has 0 aliphatic carbocycles. The van der Waals surface area contributed by atoms with Crippen LogP contribution in [0.3, 0.4) is 0 Å². The maximum atomic E-state index is 13.8. The fourth-order valence-electron chi connectivity index (χ4n) is 2.44. The van der Waals surface area contributed by atoms with Gasteiger partial charge in [-0.3, -0.25) is 9.38 Å². The predicted molar refractivity (Wildman–Crippen MR) is 99.9 cm³/mol. The molecule has 0 spiro atoms. The van der Waals surface area contributed by atoms with E-state index < -0.39 is 0 Å². The minimum absolute atomic E-state index is 0. The van der Waals surface area contributed by atoms with Crippen LogP contribution in [-0.4, -0.2) is 49.8 Å². The Morgan fingerprint density at radius 2 is 2.35 bits per heavy atom. The second kappa shape index (κ2) is 10.6. The standard InChI is InChI=1S/C15H23F2N5.HI/c1-2-18-15(20-9-4-7-16)21-12-6-10-22(11-12)14-13(17)5-3-8-19-14;/h3,5,8,12H,2,4,6-7,9-11H2,1H3,(H2,18,20,21);1H. The number of rotatable bonds is 6. The van der Waals surface area contributed by atoms with Gasteiger partial charge in [-0.05, 0) is 31.9 Å². The Hall–Kier alpha value is -1.19. The summed E-state index contributed by atoms with van der Waals surface area (Å²) in [5.41, 5.74) is 0. The van der Waals surface area contributed by atoms with Crippen LogP contribution in [0.5, 0.6) is 0 Å². The van der Waals surface area contributed by atoms with Gasteiger partial charge in [0.1, 0.15) is 0 Å². The van der Waals surface area contributed by atoms with E-state index in [1.54, 1.807) is 12.3 Å². The molecule has 23 heavy (non-hydrogen) atoms. The summed E-state index contributed by atoms with van der Waals surface area (Å²) in [6, 6.07) is 3.18. The lowest BCUT2D eigenvalue weighted by molar-refractivity contribution is 0.477. The normalized spacial score (nSPS) is 17.8. The van der Waals surface area contributed by atoms with Gasteiger partial charge < -0.3 is 15.5 Å². The summed E-state index contributed by atoms with van der Waals surface area (Å²) in [6.07, 6.45) is 2.90. The summed E-state index contributed by atoms with van der Waals surface area (Å²) in [5.74, 6) is 0.780. The van der Waals surface area contributed by atoms with Gasteiger partial charge in [0.15, 0.2) is 17.6 Å². The molecule has 0 radical (unpaired) electrons. The fraction of sp³-hybridized carbons (Fsp3) is 0.600. The summed E-state index contributed by atoms with van der Waals surface area (Å²) in [7, 11) is 0. The molecule has 2 N–H and O–H groups in total. The molecule has 2 heterocycles. The van der Waals surface area contributed by atoms with Crippen molar-refractivity contribution in [3.05, 3.63) is 24.1 Å². The van der Waals surface area contributed by atoms with E-state index in [-0.39, 0.29) is 42.5 Å². The molecule has 2 rings (SSSR count). The van der Waals surface area contributed by atoms with Crippen LogP contribution in [0.15, 0.2) is 23.3 Å². The maximum Gasteiger partial charge on any atom is 0.191 e. The molecular formula is C15H24F2IN5. The van der Waals surface area contributed by atoms with Gasteiger partial charge in [0.25, 0.3) is 0 Å². The van der Waals surface area contributed by atoms with Crippen molar-refractivity contribution in [1.82, 2.24) is 15.6 Å². The molecule has 130 valence electrons. The van der Waals surface area contributed by atoms with Crippen LogP contribution in [-0.2, 0) is 0 Å². The lowest BCUT2D eigenvalue weighted by atomic mass is 10.3. The molecule has 0 bridgehead atoms. The zero-order valence-corrected chi connectivity index (χ0v) is 15.6. The molecule has 1 aromatic rings. The van der Waals surface area contributed by atoms with E-state index in [4.69, 9.17) is 0 Å². The molecule has 1 unspecified atom stereocenters. The minimum Gasteiger partial charge on any atom is -0.357 e. The van der Waals surface area contributed by atoms with Crippen LogP contribution in [0.4, 0.5) is 14.6 Å². The van der Waals surface area contributed by atoms with Crippen LogP contribution < -0.4 is 15.5 Å². The number of nitrogens with one attached hydrogen (secondary N) is 2. The number of aromatic nitrogens is 1. The molecule has 1 saturated heterocycles. The summed E-state index contributed by atoms with van der Waals surface area (Å²) >= 11 is 0. The van der Waals surface area contributed by atoms with Crippen molar-refractivity contribution >= 4 is 35.8 Å². The third kappa shape index (κ3) is 6.08. The van der Waals surface area contributed by atoms with E-state index in [0.29, 0.717) is 31.3 Å². The highest BCUT2D eigenvalue weighted by atomic mass is 127. The van der Waals surface area contributed by atoms with E-state index in [1.807, 2.05) is 11.8 Å². The van der Waals surface area contributed by atoms with Crippen LogP contribution in [0.25, 0.3) is 0 Å². The summed E-state index contributed by atoms with van der Waals surface area (Å²) in [6.45, 7) is 4.23. The van der Waals surface area contributed by atoms with Crippen molar-refractivity contribution in [2.75, 3.05) is 37.8 Å². The van der Waals surface area contributed by atoms with Crippen molar-refractivity contribution in [3.8, 4) is 0 Å². The van der Waals surface area contributed by atoms with E-state index in [1.165, 1.54) is 6.07 Å². The lowest BCUT2D eigenvalue weighted by Crippen LogP contribution is -2.44. The first kappa shape index (κ1) is 19.9. The number of anilines is 1. The van der Waals surface area contributed by atoms with E-state index >= 15 is 0 Å². The topological polar surface area (TPSA) is 52.6 Å². The first-order valence-electron chi connectivity index (χ1n) is 7.71. The molecular weight excluding hydrogens is 415 g/mol. The van der Waals surface area contributed by atoms with Crippen LogP contribution in [0.2, 0.25) is 0 Å². The van der Waals surface area contributed by atoms with Gasteiger partial charge in [-0.1, -0.05) is 0 Å². The Labute approximate surface area is 153 Å². The van der Waals surface area contributed by atoms with Gasteiger partial charge in [0.05, 0.1) is 6.67 Å². The number of nitrogens with zero attached hydrogens (tertiary/aromatic N) is 3. The zero-order valence-electron chi connectivity index (χ0n) is 13.3. The number of pyridine rings is 1. The molecule has 1 atom stereocenters. The van der Waals surface area contributed by atoms with Gasteiger partial charge in [-0.2, -0.15) is 0 Å². The van der Waals surface area contributed by atoms with Crippen molar-refractivity contribution in [2.24, 2.45) is 4.99 Å². The number of hydrogen-bond acceptors (Lipinski definition) is 3. The van der Waals surface area contributed by atoms with Crippen molar-refractivity contribution in [3.63, 3.8) is 0 Å². The molecule has 1 aliphatic heterocycles. The molecule has 1 fully saturated rings. The summed E-state index contributed by atoms with van der Waals surface area (Å²) in [4.78, 5) is 10.4. The zero-order chi connectivity index (χ0) is 15.8. The van der Waals surface area contributed by atoms with Crippen molar-refractivity contribution in [1.29, 1.82) is 0 Å². The smallest absolute Gasteiger partial charge is 0.191 e. The highest BCUT2D eigenvalue weighted by Gasteiger charge is 2.25. The minimum atomic E-state index is -0.362. The Morgan fingerprint density at radius 3 is 3.04 bits per heavy atom. The fourth-order valence-corrected chi connectivity index (χ4v) is 2.44. The van der Waals surface area contributed by atoms with E-state index in [9.17, 15) is 8.78 Å². The second-order valence-electron chi connectivity index (χ2n) is 5.19. The van der Waals surface area contributed by atoms with Crippen LogP contribution in [0.1, 0.15) is 19.8 Å². The number of aliphatic imine (C=N–C) groups is 1. The molecule has 5 nitrogen and oxygen atoms in total. The molecule has 0 amide bonds. The SMILES string of the molecule is CCNC(=NCCCF)NC1CCN(c2ncccc2F)C1.I. The first-order chi connectivity index (χ1) is 10.7. The third-order valence-electron chi connectivity index (χ3n) is 3.47. The summed E-state index contributed by atoms with van der Waals surface area (Å²) in [5, 5.41) is 6.46. The molecule has 1 aliphatic rings. The number of halogens is 3. The molecule has 1 aromatic heterocycles. The van der Waals surface area contributed by atoms with Crippen molar-refractivity contribution < 1.29 is 8.78 Å². The van der Waals surface area contributed by atoms with Crippen LogP contribution in [0, 0.1) is 5.82 Å². The van der Waals surface area contributed by atoms with Crippen molar-refractivity contribution in [2.45, 2.75) is 25.8 Å². The van der Waals surface area contributed by atoms with Gasteiger partial charge in [-0.15, -0.1) is 24.0 Å². The average Bonchev–Trinajstić information content (AvgIpc) is 2.96. The van der Waals surface area contributed by atoms with E-state index in [2.05, 4.69) is 20.6 Å². The van der Waals surface area contributed by atoms with Gasteiger partial charge in [0.2, 0.25) is 0 Å². The Balaban J connectivity index is 0.00000264. The highest BCUT2D eigenvalue weighted by molar-refractivity contribution is 14.0. The quantitative estimate of drug-likeness (QED) is 0.309. The number of hydrogen-bond donors (Lipinski definition) is 2. The maximum absolute atomic E-state index is 13.8. The Kier molecular flexibility index (Phi) is 9.12. The van der Waals surface area contributed by atoms with Crippen LogP contribution >= 0.6 is 24.0 Å². The van der Waals surface area contributed by atoms with Gasteiger partial charge >= 0.3 is 0 Å². The van der Waals surface area contributed by atoms with Gasteiger partial charge in [-0.25, -0.2) is 9.37 Å². The Bertz CT molecular complexity index is 501. The molecule has 0 aromatic carbocycles. The predicted octanol–water partition coefficient (Wildman–Crippen LogP) is 2.33.